The Kier molecular flexibility index (Phi) is 6.30. The summed E-state index contributed by atoms with van der Waals surface area (Å²) in [6.45, 7) is 3.54. The second kappa shape index (κ2) is 8.87. The second-order valence-corrected chi connectivity index (χ2v) is 6.46. The van der Waals surface area contributed by atoms with E-state index in [1.54, 1.807) is 18.5 Å². The van der Waals surface area contributed by atoms with E-state index in [0.717, 1.165) is 50.0 Å². The monoisotopic (exact) mass is 344 g/mol. The molecule has 1 aliphatic rings. The van der Waals surface area contributed by atoms with Crippen molar-refractivity contribution in [2.45, 2.75) is 38.4 Å². The number of rotatable bonds is 6. The van der Waals surface area contributed by atoms with E-state index in [0.29, 0.717) is 12.6 Å². The summed E-state index contributed by atoms with van der Waals surface area (Å²) in [6.07, 6.45) is 8.63. The van der Waals surface area contributed by atoms with Crippen molar-refractivity contribution in [1.82, 2.24) is 20.2 Å². The van der Waals surface area contributed by atoms with E-state index in [4.69, 9.17) is 4.74 Å². The smallest absolute Gasteiger partial charge is 0.165 e. The van der Waals surface area contributed by atoms with Gasteiger partial charge in [0.2, 0.25) is 0 Å². The number of ether oxygens (including phenoxy) is 1. The lowest BCUT2D eigenvalue weighted by Crippen LogP contribution is -2.35. The summed E-state index contributed by atoms with van der Waals surface area (Å²) in [5.41, 5.74) is 2.03. The molecule has 2 aromatic rings. The normalized spacial score (nSPS) is 18.1. The van der Waals surface area contributed by atoms with Crippen LogP contribution in [0.25, 0.3) is 0 Å². The van der Waals surface area contributed by atoms with Crippen molar-refractivity contribution in [3.05, 3.63) is 53.9 Å². The Morgan fingerprint density at radius 1 is 1.16 bits per heavy atom. The zero-order valence-corrected chi connectivity index (χ0v) is 14.6. The molecule has 0 aliphatic carbocycles. The highest BCUT2D eigenvalue weighted by molar-refractivity contribution is 5.29. The van der Waals surface area contributed by atoms with Crippen LogP contribution >= 0.6 is 0 Å². The molecule has 1 saturated heterocycles. The Hall–Kier alpha value is -2.05. The first kappa shape index (κ1) is 17.8. The van der Waals surface area contributed by atoms with Crippen molar-refractivity contribution in [2.24, 2.45) is 0 Å². The molecule has 134 valence electrons. The summed E-state index contributed by atoms with van der Waals surface area (Å²) in [5, 5.41) is 3.46. The maximum absolute atomic E-state index is 14.1. The molecular formula is C19H25FN4O. The van der Waals surface area contributed by atoms with Crippen molar-refractivity contribution < 1.29 is 9.13 Å². The van der Waals surface area contributed by atoms with E-state index in [1.807, 2.05) is 18.5 Å². The van der Waals surface area contributed by atoms with Gasteiger partial charge in [-0.05, 0) is 50.0 Å². The fourth-order valence-electron chi connectivity index (χ4n) is 3.37. The van der Waals surface area contributed by atoms with Gasteiger partial charge in [0.15, 0.2) is 11.6 Å². The average Bonchev–Trinajstić information content (AvgIpc) is 2.92. The van der Waals surface area contributed by atoms with Crippen LogP contribution in [0.2, 0.25) is 0 Å². The van der Waals surface area contributed by atoms with Gasteiger partial charge in [-0.2, -0.15) is 0 Å². The van der Waals surface area contributed by atoms with Crippen molar-refractivity contribution in [3.63, 3.8) is 0 Å². The second-order valence-electron chi connectivity index (χ2n) is 6.46. The number of nitrogens with one attached hydrogen (secondary N) is 1. The highest BCUT2D eigenvalue weighted by Gasteiger charge is 2.21. The van der Waals surface area contributed by atoms with Gasteiger partial charge in [0.25, 0.3) is 0 Å². The Morgan fingerprint density at radius 3 is 2.72 bits per heavy atom. The van der Waals surface area contributed by atoms with E-state index in [2.05, 4.69) is 20.2 Å². The number of methoxy groups -OCH3 is 1. The molecule has 1 aliphatic heterocycles. The Morgan fingerprint density at radius 2 is 1.96 bits per heavy atom. The molecule has 0 amide bonds. The minimum atomic E-state index is -0.314. The lowest BCUT2D eigenvalue weighted by atomic mass is 10.0. The van der Waals surface area contributed by atoms with Gasteiger partial charge in [-0.15, -0.1) is 0 Å². The molecule has 0 radical (unpaired) electrons. The van der Waals surface area contributed by atoms with Crippen LogP contribution in [0.15, 0.2) is 36.9 Å². The first-order valence-corrected chi connectivity index (χ1v) is 8.77. The SMILES string of the molecule is COc1ccc(CN(Cc2cncnc2)C2CCCNCC2)cc1F. The molecule has 1 atom stereocenters. The molecule has 1 N–H and O–H groups in total. The molecule has 6 heteroatoms. The molecule has 2 heterocycles. The van der Waals surface area contributed by atoms with Gasteiger partial charge < -0.3 is 10.1 Å². The van der Waals surface area contributed by atoms with Crippen LogP contribution in [0.1, 0.15) is 30.4 Å². The van der Waals surface area contributed by atoms with E-state index < -0.39 is 0 Å². The fraction of sp³-hybridized carbons (Fsp3) is 0.474. The zero-order chi connectivity index (χ0) is 17.5. The minimum absolute atomic E-state index is 0.283. The van der Waals surface area contributed by atoms with E-state index in [-0.39, 0.29) is 11.6 Å². The topological polar surface area (TPSA) is 50.3 Å². The molecule has 1 fully saturated rings. The fourth-order valence-corrected chi connectivity index (χ4v) is 3.37. The van der Waals surface area contributed by atoms with E-state index >= 15 is 0 Å². The third kappa shape index (κ3) is 4.96. The van der Waals surface area contributed by atoms with Gasteiger partial charge in [0.05, 0.1) is 7.11 Å². The highest BCUT2D eigenvalue weighted by atomic mass is 19.1. The first-order chi connectivity index (χ1) is 12.3. The van der Waals surface area contributed by atoms with Crippen molar-refractivity contribution in [3.8, 4) is 5.75 Å². The summed E-state index contributed by atoms with van der Waals surface area (Å²) in [7, 11) is 1.48. The molecule has 1 unspecified atom stereocenters. The van der Waals surface area contributed by atoms with Gasteiger partial charge in [0.1, 0.15) is 6.33 Å². The summed E-state index contributed by atoms with van der Waals surface area (Å²) >= 11 is 0. The van der Waals surface area contributed by atoms with E-state index in [9.17, 15) is 4.39 Å². The molecule has 1 aromatic carbocycles. The predicted octanol–water partition coefficient (Wildman–Crippen LogP) is 2.77. The third-order valence-corrected chi connectivity index (χ3v) is 4.66. The Balaban J connectivity index is 1.78. The zero-order valence-electron chi connectivity index (χ0n) is 14.6. The molecular weight excluding hydrogens is 319 g/mol. The predicted molar refractivity (Wildman–Crippen MR) is 94.7 cm³/mol. The van der Waals surface area contributed by atoms with Gasteiger partial charge in [-0.3, -0.25) is 4.90 Å². The lowest BCUT2D eigenvalue weighted by molar-refractivity contribution is 0.163. The van der Waals surface area contributed by atoms with Gasteiger partial charge in [-0.1, -0.05) is 6.07 Å². The van der Waals surface area contributed by atoms with Crippen LogP contribution in [-0.2, 0) is 13.1 Å². The number of hydrogen-bond donors (Lipinski definition) is 1. The maximum atomic E-state index is 14.1. The van der Waals surface area contributed by atoms with Crippen LogP contribution in [0.3, 0.4) is 0 Å². The van der Waals surface area contributed by atoms with Crippen LogP contribution in [0.4, 0.5) is 4.39 Å². The number of halogens is 1. The number of nitrogens with zero attached hydrogens (tertiary/aromatic N) is 3. The average molecular weight is 344 g/mol. The Labute approximate surface area is 148 Å². The molecule has 0 spiro atoms. The lowest BCUT2D eigenvalue weighted by Gasteiger charge is -2.31. The summed E-state index contributed by atoms with van der Waals surface area (Å²) in [4.78, 5) is 10.6. The quantitative estimate of drug-likeness (QED) is 0.873. The van der Waals surface area contributed by atoms with E-state index in [1.165, 1.54) is 7.11 Å². The van der Waals surface area contributed by atoms with Crippen LogP contribution in [0.5, 0.6) is 5.75 Å². The van der Waals surface area contributed by atoms with Crippen molar-refractivity contribution >= 4 is 0 Å². The largest absolute Gasteiger partial charge is 0.494 e. The van der Waals surface area contributed by atoms with Crippen molar-refractivity contribution in [2.75, 3.05) is 20.2 Å². The van der Waals surface area contributed by atoms with Crippen LogP contribution in [-0.4, -0.2) is 41.1 Å². The molecule has 3 rings (SSSR count). The molecule has 25 heavy (non-hydrogen) atoms. The highest BCUT2D eigenvalue weighted by Crippen LogP contribution is 2.22. The Bertz CT molecular complexity index is 660. The third-order valence-electron chi connectivity index (χ3n) is 4.66. The minimum Gasteiger partial charge on any atom is -0.494 e. The first-order valence-electron chi connectivity index (χ1n) is 8.77. The van der Waals surface area contributed by atoms with Gasteiger partial charge in [-0.25, -0.2) is 14.4 Å². The molecule has 1 aromatic heterocycles. The number of aromatic nitrogens is 2. The van der Waals surface area contributed by atoms with Crippen LogP contribution < -0.4 is 10.1 Å². The van der Waals surface area contributed by atoms with Gasteiger partial charge in [0, 0.05) is 37.1 Å². The summed E-state index contributed by atoms with van der Waals surface area (Å²) in [5.74, 6) is -0.0315. The van der Waals surface area contributed by atoms with Crippen molar-refractivity contribution in [1.29, 1.82) is 0 Å². The number of hydrogen-bond acceptors (Lipinski definition) is 5. The van der Waals surface area contributed by atoms with Crippen LogP contribution in [0, 0.1) is 5.82 Å². The molecule has 0 saturated carbocycles. The standard InChI is InChI=1S/C19H25FN4O/c1-25-19-5-4-15(9-18(19)20)12-24(13-16-10-22-14-23-11-16)17-3-2-7-21-8-6-17/h4-5,9-11,14,17,21H,2-3,6-8,12-13H2,1H3. The molecule has 5 nitrogen and oxygen atoms in total. The maximum Gasteiger partial charge on any atom is 0.165 e. The van der Waals surface area contributed by atoms with Gasteiger partial charge >= 0.3 is 0 Å². The number of benzene rings is 1. The molecule has 0 bridgehead atoms. The summed E-state index contributed by atoms with van der Waals surface area (Å²) in [6, 6.07) is 5.66. The summed E-state index contributed by atoms with van der Waals surface area (Å²) < 4.78 is 19.1.